The van der Waals surface area contributed by atoms with Gasteiger partial charge in [-0.25, -0.2) is 0 Å². The van der Waals surface area contributed by atoms with Gasteiger partial charge >= 0.3 is 5.97 Å². The molecule has 78 heavy (non-hydrogen) atoms. The van der Waals surface area contributed by atoms with Crippen LogP contribution in [-0.4, -0.2) is 69.4 Å². The van der Waals surface area contributed by atoms with Crippen LogP contribution in [0, 0.1) is 0 Å². The van der Waals surface area contributed by atoms with E-state index in [0.717, 1.165) is 64.2 Å². The van der Waals surface area contributed by atoms with E-state index in [2.05, 4.69) is 74.7 Å². The molecule has 1 amide bonds. The van der Waals surface area contributed by atoms with Crippen LogP contribution in [0.1, 0.15) is 310 Å². The Bertz CT molecular complexity index is 1520. The maximum absolute atomic E-state index is 13.5. The van der Waals surface area contributed by atoms with Gasteiger partial charge in [0.2, 0.25) is 5.91 Å². The summed E-state index contributed by atoms with van der Waals surface area (Å²) in [4.78, 5) is 40.0. The van der Waals surface area contributed by atoms with E-state index in [-0.39, 0.29) is 31.3 Å². The maximum Gasteiger partial charge on any atom is 0.306 e. The predicted molar refractivity (Wildman–Crippen MR) is 335 cm³/mol. The van der Waals surface area contributed by atoms with Crippen molar-refractivity contribution in [3.05, 3.63) is 60.8 Å². The first-order valence-corrected chi connectivity index (χ1v) is 34.6. The highest BCUT2D eigenvalue weighted by Gasteiger charge is 2.27. The number of phosphoric acid groups is 1. The second-order valence-corrected chi connectivity index (χ2v) is 25.0. The summed E-state index contributed by atoms with van der Waals surface area (Å²) in [6.07, 6.45) is 73.5. The molecule has 9 nitrogen and oxygen atoms in total. The number of quaternary nitrogens is 1. The molecule has 0 saturated carbocycles. The zero-order chi connectivity index (χ0) is 57.2. The van der Waals surface area contributed by atoms with E-state index in [1.165, 1.54) is 205 Å². The highest BCUT2D eigenvalue weighted by molar-refractivity contribution is 7.45. The molecule has 0 aliphatic heterocycles. The van der Waals surface area contributed by atoms with Gasteiger partial charge in [0, 0.05) is 12.8 Å². The third-order valence-electron chi connectivity index (χ3n) is 14.7. The number of nitrogens with one attached hydrogen (secondary N) is 1. The smallest absolute Gasteiger partial charge is 0.306 e. The SMILES string of the molecule is CCCCC/C=C\C/C=C\C/C=C\C/C=C\CCCC(=O)NC(COP(=O)([O-])OCC[N+](C)(C)C)C(/C=C\CCCCCCCCCCCC)OC(=O)CCCCCCCCCCCCCCCCCCCCCCCCC. The number of carbonyl (C=O) groups excluding carboxylic acids is 2. The summed E-state index contributed by atoms with van der Waals surface area (Å²) in [5.41, 5.74) is 0. The van der Waals surface area contributed by atoms with E-state index in [1.807, 2.05) is 33.3 Å². The zero-order valence-electron chi connectivity index (χ0n) is 52.1. The molecule has 0 aromatic carbocycles. The number of phosphoric ester groups is 1. The lowest BCUT2D eigenvalue weighted by atomic mass is 10.0. The fourth-order valence-electron chi connectivity index (χ4n) is 9.58. The summed E-state index contributed by atoms with van der Waals surface area (Å²) in [6.45, 7) is 6.80. The molecule has 0 saturated heterocycles. The molecule has 0 aromatic heterocycles. The van der Waals surface area contributed by atoms with Crippen molar-refractivity contribution in [2.45, 2.75) is 322 Å². The molecule has 0 rings (SSSR count). The average molecular weight is 1120 g/mol. The van der Waals surface area contributed by atoms with Crippen LogP contribution in [0.5, 0.6) is 0 Å². The molecule has 0 aromatic rings. The first-order valence-electron chi connectivity index (χ1n) is 33.1. The Hall–Kier alpha value is -2.29. The summed E-state index contributed by atoms with van der Waals surface area (Å²) in [6, 6.07) is -0.916. The maximum atomic E-state index is 13.5. The number of unbranched alkanes of at least 4 members (excludes halogenated alkanes) is 36. The quantitative estimate of drug-likeness (QED) is 0.0212. The van der Waals surface area contributed by atoms with Crippen molar-refractivity contribution in [3.63, 3.8) is 0 Å². The highest BCUT2D eigenvalue weighted by Crippen LogP contribution is 2.38. The molecule has 0 aliphatic rings. The molecule has 1 N–H and O–H groups in total. The van der Waals surface area contributed by atoms with Gasteiger partial charge in [0.25, 0.3) is 7.82 Å². The number of likely N-dealkylation sites (N-methyl/N-ethyl adjacent to an activating group) is 1. The van der Waals surface area contributed by atoms with E-state index in [1.54, 1.807) is 0 Å². The van der Waals surface area contributed by atoms with Crippen molar-refractivity contribution in [2.24, 2.45) is 0 Å². The van der Waals surface area contributed by atoms with Crippen LogP contribution in [0.15, 0.2) is 60.8 Å². The van der Waals surface area contributed by atoms with Crippen LogP contribution in [0.25, 0.3) is 0 Å². The lowest BCUT2D eigenvalue weighted by Gasteiger charge is -2.30. The summed E-state index contributed by atoms with van der Waals surface area (Å²) in [5, 5.41) is 3.00. The van der Waals surface area contributed by atoms with Crippen LogP contribution < -0.4 is 10.2 Å². The van der Waals surface area contributed by atoms with Gasteiger partial charge in [0.15, 0.2) is 0 Å². The van der Waals surface area contributed by atoms with Crippen molar-refractivity contribution >= 4 is 19.7 Å². The molecule has 0 bridgehead atoms. The monoisotopic (exact) mass is 1110 g/mol. The minimum absolute atomic E-state index is 0.0322. The van der Waals surface area contributed by atoms with E-state index in [0.29, 0.717) is 17.4 Å². The van der Waals surface area contributed by atoms with Gasteiger partial charge in [-0.1, -0.05) is 287 Å². The molecule has 3 unspecified atom stereocenters. The Balaban J connectivity index is 5.19. The van der Waals surface area contributed by atoms with Crippen molar-refractivity contribution < 1.29 is 37.3 Å². The van der Waals surface area contributed by atoms with E-state index in [9.17, 15) is 19.0 Å². The molecule has 0 radical (unpaired) electrons. The van der Waals surface area contributed by atoms with Gasteiger partial charge in [0.05, 0.1) is 33.8 Å². The van der Waals surface area contributed by atoms with Gasteiger partial charge < -0.3 is 28.5 Å². The van der Waals surface area contributed by atoms with E-state index in [4.69, 9.17) is 13.8 Å². The number of hydrogen-bond donors (Lipinski definition) is 1. The molecular weight excluding hydrogens is 988 g/mol. The number of nitrogens with zero attached hydrogens (tertiary/aromatic N) is 1. The van der Waals surface area contributed by atoms with Gasteiger partial charge in [-0.3, -0.25) is 14.2 Å². The minimum atomic E-state index is -4.71. The molecule has 0 fully saturated rings. The van der Waals surface area contributed by atoms with E-state index >= 15 is 0 Å². The Morgan fingerprint density at radius 3 is 1.22 bits per heavy atom. The average Bonchev–Trinajstić information content (AvgIpc) is 3.40. The number of rotatable bonds is 60. The van der Waals surface area contributed by atoms with Crippen LogP contribution in [0.4, 0.5) is 0 Å². The number of esters is 1. The Morgan fingerprint density at radius 2 is 0.795 bits per heavy atom. The standard InChI is InChI=1S/C68H127N2O7P/c1-7-10-13-16-19-22-25-28-30-32-33-34-35-36-37-39-41-43-46-49-52-55-58-61-68(72)77-66(59-56-53-50-47-44-27-24-21-18-15-12-9-3)65(64-76-78(73,74)75-63-62-70(4,5)6)69-67(71)60-57-54-51-48-45-42-40-38-31-29-26-23-20-17-14-11-8-2/h20,23,29,31,40,42,48,51,56,59,65-66H,7-19,21-22,24-28,30,32-39,41,43-47,49-50,52-55,57-58,60-64H2,1-6H3,(H-,69,71,73,74)/b23-20-,31-29-,42-40-,51-48-,59-56-. The van der Waals surface area contributed by atoms with Crippen molar-refractivity contribution in [1.82, 2.24) is 5.32 Å². The van der Waals surface area contributed by atoms with E-state index < -0.39 is 26.6 Å². The Morgan fingerprint density at radius 1 is 0.449 bits per heavy atom. The van der Waals surface area contributed by atoms with Crippen LogP contribution >= 0.6 is 7.82 Å². The largest absolute Gasteiger partial charge is 0.756 e. The third-order valence-corrected chi connectivity index (χ3v) is 15.7. The number of carbonyl (C=O) groups is 2. The van der Waals surface area contributed by atoms with Gasteiger partial charge in [-0.05, 0) is 70.3 Å². The molecule has 3 atom stereocenters. The molecule has 0 spiro atoms. The number of allylic oxidation sites excluding steroid dienone is 9. The molecule has 456 valence electrons. The predicted octanol–water partition coefficient (Wildman–Crippen LogP) is 20.0. The third kappa shape index (κ3) is 58.4. The number of hydrogen-bond acceptors (Lipinski definition) is 7. The van der Waals surface area contributed by atoms with Crippen LogP contribution in [-0.2, 0) is 27.9 Å². The second-order valence-electron chi connectivity index (χ2n) is 23.6. The molecule has 0 aliphatic carbocycles. The minimum Gasteiger partial charge on any atom is -0.756 e. The lowest BCUT2D eigenvalue weighted by Crippen LogP contribution is -2.47. The van der Waals surface area contributed by atoms with Gasteiger partial charge in [0.1, 0.15) is 19.3 Å². The lowest BCUT2D eigenvalue weighted by molar-refractivity contribution is -0.870. The highest BCUT2D eigenvalue weighted by atomic mass is 31.2. The Kier molecular flexibility index (Phi) is 56.2. The topological polar surface area (TPSA) is 114 Å². The van der Waals surface area contributed by atoms with Crippen molar-refractivity contribution in [3.8, 4) is 0 Å². The molecular formula is C68H127N2O7P. The molecule has 0 heterocycles. The van der Waals surface area contributed by atoms with Gasteiger partial charge in [-0.2, -0.15) is 0 Å². The summed E-state index contributed by atoms with van der Waals surface area (Å²) >= 11 is 0. The van der Waals surface area contributed by atoms with Crippen molar-refractivity contribution in [1.29, 1.82) is 0 Å². The summed E-state index contributed by atoms with van der Waals surface area (Å²) in [7, 11) is 1.16. The zero-order valence-corrected chi connectivity index (χ0v) is 53.0. The second kappa shape index (κ2) is 57.9. The first-order chi connectivity index (χ1) is 37.9. The summed E-state index contributed by atoms with van der Waals surface area (Å²) < 4.78 is 30.3. The fourth-order valence-corrected chi connectivity index (χ4v) is 10.3. The number of ether oxygens (including phenoxy) is 1. The van der Waals surface area contributed by atoms with Crippen molar-refractivity contribution in [2.75, 3.05) is 40.9 Å². The fraction of sp³-hybridized carbons (Fsp3) is 0.824. The Labute approximate surface area is 483 Å². The first kappa shape index (κ1) is 75.7. The van der Waals surface area contributed by atoms with Crippen LogP contribution in [0.2, 0.25) is 0 Å². The van der Waals surface area contributed by atoms with Gasteiger partial charge in [-0.15, -0.1) is 0 Å². The molecule has 10 heteroatoms. The van der Waals surface area contributed by atoms with Crippen LogP contribution in [0.3, 0.4) is 0 Å². The summed E-state index contributed by atoms with van der Waals surface area (Å²) in [5.74, 6) is -0.596. The normalized spacial score (nSPS) is 14.0. The number of amides is 1.